The van der Waals surface area contributed by atoms with Crippen LogP contribution in [0.25, 0.3) is 10.2 Å². The molecule has 0 saturated heterocycles. The van der Waals surface area contributed by atoms with Crippen molar-refractivity contribution < 1.29 is 0 Å². The topological polar surface area (TPSA) is 24.9 Å². The number of thioether (sulfide) groups is 1. The van der Waals surface area contributed by atoms with E-state index in [1.54, 1.807) is 11.3 Å². The summed E-state index contributed by atoms with van der Waals surface area (Å²) in [6.07, 6.45) is 0. The lowest BCUT2D eigenvalue weighted by atomic mass is 10.2. The summed E-state index contributed by atoms with van der Waals surface area (Å²) in [5.41, 5.74) is 2.28. The summed E-state index contributed by atoms with van der Waals surface area (Å²) in [6, 6.07) is 17.0. The van der Waals surface area contributed by atoms with Gasteiger partial charge in [0.25, 0.3) is 0 Å². The fourth-order valence-electron chi connectivity index (χ4n) is 2.24. The summed E-state index contributed by atoms with van der Waals surface area (Å²) in [5, 5.41) is 4.73. The van der Waals surface area contributed by atoms with Crippen LogP contribution in [-0.4, -0.2) is 10.7 Å². The van der Waals surface area contributed by atoms with Crippen LogP contribution in [-0.2, 0) is 0 Å². The molecule has 3 rings (SSSR count). The van der Waals surface area contributed by atoms with E-state index in [0.29, 0.717) is 0 Å². The van der Waals surface area contributed by atoms with Crippen molar-refractivity contribution in [3.05, 3.63) is 53.5 Å². The number of anilines is 1. The van der Waals surface area contributed by atoms with E-state index in [9.17, 15) is 0 Å². The number of thiazole rings is 1. The number of para-hydroxylation sites is 2. The van der Waals surface area contributed by atoms with Gasteiger partial charge >= 0.3 is 0 Å². The first-order chi connectivity index (χ1) is 10.3. The van der Waals surface area contributed by atoms with E-state index in [4.69, 9.17) is 4.98 Å². The van der Waals surface area contributed by atoms with E-state index in [1.807, 2.05) is 17.8 Å². The lowest BCUT2D eigenvalue weighted by molar-refractivity contribution is 0.869. The number of nitrogens with one attached hydrogen (secondary N) is 1. The lowest BCUT2D eigenvalue weighted by Gasteiger charge is -2.15. The largest absolute Gasteiger partial charge is 0.375 e. The second-order valence-electron chi connectivity index (χ2n) is 4.82. The Hall–Kier alpha value is -1.52. The monoisotopic (exact) mass is 314 g/mol. The molecule has 0 saturated carbocycles. The van der Waals surface area contributed by atoms with Gasteiger partial charge in [0.05, 0.1) is 16.3 Å². The van der Waals surface area contributed by atoms with Crippen molar-refractivity contribution >= 4 is 39.0 Å². The van der Waals surface area contributed by atoms with Crippen molar-refractivity contribution in [2.75, 3.05) is 11.1 Å². The Labute approximate surface area is 133 Å². The highest BCUT2D eigenvalue weighted by molar-refractivity contribution is 7.99. The standard InChI is InChI=1S/C17H18N2S2/c1-3-20-15-10-6-4-8-13(15)18-12(2)17-19-14-9-5-7-11-16(14)21-17/h4-12,18H,3H2,1-2H3. The molecule has 0 amide bonds. The van der Waals surface area contributed by atoms with E-state index >= 15 is 0 Å². The minimum atomic E-state index is 0.209. The molecule has 2 nitrogen and oxygen atoms in total. The SMILES string of the molecule is CCSc1ccccc1NC(C)c1nc2ccccc2s1. The van der Waals surface area contributed by atoms with Gasteiger partial charge in [-0.1, -0.05) is 31.2 Å². The van der Waals surface area contributed by atoms with Crippen molar-refractivity contribution in [3.63, 3.8) is 0 Å². The van der Waals surface area contributed by atoms with Crippen LogP contribution in [0.4, 0.5) is 5.69 Å². The molecule has 1 atom stereocenters. The summed E-state index contributed by atoms with van der Waals surface area (Å²) in [5.74, 6) is 1.08. The van der Waals surface area contributed by atoms with Crippen molar-refractivity contribution in [1.82, 2.24) is 4.98 Å². The molecule has 0 fully saturated rings. The third-order valence-corrected chi connectivity index (χ3v) is 5.41. The first-order valence-electron chi connectivity index (χ1n) is 7.11. The quantitative estimate of drug-likeness (QED) is 0.622. The molecular weight excluding hydrogens is 296 g/mol. The van der Waals surface area contributed by atoms with Gasteiger partial charge in [0.15, 0.2) is 0 Å². The van der Waals surface area contributed by atoms with E-state index in [0.717, 1.165) is 16.3 Å². The van der Waals surface area contributed by atoms with Crippen molar-refractivity contribution in [3.8, 4) is 0 Å². The number of aromatic nitrogens is 1. The van der Waals surface area contributed by atoms with Crippen LogP contribution in [0.2, 0.25) is 0 Å². The van der Waals surface area contributed by atoms with Crippen LogP contribution in [0.3, 0.4) is 0 Å². The number of rotatable bonds is 5. The van der Waals surface area contributed by atoms with Gasteiger partial charge in [-0.15, -0.1) is 23.1 Å². The van der Waals surface area contributed by atoms with Gasteiger partial charge in [-0.25, -0.2) is 4.98 Å². The van der Waals surface area contributed by atoms with Crippen LogP contribution < -0.4 is 5.32 Å². The average molecular weight is 314 g/mol. The lowest BCUT2D eigenvalue weighted by Crippen LogP contribution is -2.06. The van der Waals surface area contributed by atoms with Crippen LogP contribution in [0.1, 0.15) is 24.9 Å². The molecule has 0 aliphatic rings. The molecule has 1 aromatic heterocycles. The third kappa shape index (κ3) is 3.22. The van der Waals surface area contributed by atoms with Crippen LogP contribution in [0.15, 0.2) is 53.4 Å². The molecular formula is C17H18N2S2. The highest BCUT2D eigenvalue weighted by atomic mass is 32.2. The number of fused-ring (bicyclic) bond motifs is 1. The van der Waals surface area contributed by atoms with E-state index in [1.165, 1.54) is 15.3 Å². The molecule has 1 heterocycles. The summed E-state index contributed by atoms with van der Waals surface area (Å²) >= 11 is 3.63. The molecule has 108 valence electrons. The highest BCUT2D eigenvalue weighted by Gasteiger charge is 2.12. The minimum Gasteiger partial charge on any atom is -0.375 e. The molecule has 0 aliphatic carbocycles. The van der Waals surface area contributed by atoms with Gasteiger partial charge < -0.3 is 5.32 Å². The number of nitrogens with zero attached hydrogens (tertiary/aromatic N) is 1. The molecule has 1 unspecified atom stereocenters. The Bertz CT molecular complexity index is 703. The summed E-state index contributed by atoms with van der Waals surface area (Å²) in [4.78, 5) is 6.03. The van der Waals surface area contributed by atoms with Gasteiger partial charge in [-0.3, -0.25) is 0 Å². The first kappa shape index (κ1) is 14.4. The third-order valence-electron chi connectivity index (χ3n) is 3.24. The zero-order chi connectivity index (χ0) is 14.7. The van der Waals surface area contributed by atoms with E-state index < -0.39 is 0 Å². The minimum absolute atomic E-state index is 0.209. The second-order valence-corrected chi connectivity index (χ2v) is 7.18. The molecule has 4 heteroatoms. The average Bonchev–Trinajstić information content (AvgIpc) is 2.93. The molecule has 0 bridgehead atoms. The second kappa shape index (κ2) is 6.50. The fraction of sp³-hybridized carbons (Fsp3) is 0.235. The highest BCUT2D eigenvalue weighted by Crippen LogP contribution is 2.32. The van der Waals surface area contributed by atoms with Gasteiger partial charge in [-0.2, -0.15) is 0 Å². The molecule has 1 N–H and O–H groups in total. The summed E-state index contributed by atoms with van der Waals surface area (Å²) < 4.78 is 1.25. The molecule has 21 heavy (non-hydrogen) atoms. The fourth-order valence-corrected chi connectivity index (χ4v) is 3.98. The Morgan fingerprint density at radius 2 is 1.90 bits per heavy atom. The predicted octanol–water partition coefficient (Wildman–Crippen LogP) is 5.58. The van der Waals surface area contributed by atoms with E-state index in [-0.39, 0.29) is 6.04 Å². The van der Waals surface area contributed by atoms with Crippen LogP contribution >= 0.6 is 23.1 Å². The van der Waals surface area contributed by atoms with Gasteiger partial charge in [0.2, 0.25) is 0 Å². The molecule has 0 aliphatic heterocycles. The smallest absolute Gasteiger partial charge is 0.116 e. The molecule has 2 aromatic carbocycles. The van der Waals surface area contributed by atoms with Crippen molar-refractivity contribution in [2.24, 2.45) is 0 Å². The Morgan fingerprint density at radius 1 is 1.14 bits per heavy atom. The van der Waals surface area contributed by atoms with Crippen LogP contribution in [0.5, 0.6) is 0 Å². The Morgan fingerprint density at radius 3 is 2.71 bits per heavy atom. The molecule has 0 radical (unpaired) electrons. The summed E-state index contributed by atoms with van der Waals surface area (Å²) in [6.45, 7) is 4.35. The zero-order valence-corrected chi connectivity index (χ0v) is 13.8. The molecule has 0 spiro atoms. The maximum atomic E-state index is 4.73. The van der Waals surface area contributed by atoms with Gasteiger partial charge in [0, 0.05) is 10.6 Å². The number of hydrogen-bond donors (Lipinski definition) is 1. The summed E-state index contributed by atoms with van der Waals surface area (Å²) in [7, 11) is 0. The first-order valence-corrected chi connectivity index (χ1v) is 8.92. The Balaban J connectivity index is 1.84. The molecule has 3 aromatic rings. The van der Waals surface area contributed by atoms with Gasteiger partial charge in [0.1, 0.15) is 5.01 Å². The zero-order valence-electron chi connectivity index (χ0n) is 12.2. The van der Waals surface area contributed by atoms with E-state index in [2.05, 4.69) is 61.6 Å². The number of benzene rings is 2. The normalized spacial score (nSPS) is 12.5. The van der Waals surface area contributed by atoms with Crippen molar-refractivity contribution in [2.45, 2.75) is 24.8 Å². The maximum Gasteiger partial charge on any atom is 0.116 e. The number of hydrogen-bond acceptors (Lipinski definition) is 4. The van der Waals surface area contributed by atoms with Gasteiger partial charge in [-0.05, 0) is 36.9 Å². The predicted molar refractivity (Wildman–Crippen MR) is 94.5 cm³/mol. The Kier molecular flexibility index (Phi) is 4.46. The van der Waals surface area contributed by atoms with Crippen molar-refractivity contribution in [1.29, 1.82) is 0 Å². The van der Waals surface area contributed by atoms with Crippen LogP contribution in [0, 0.1) is 0 Å². The maximum absolute atomic E-state index is 4.73.